The normalized spacial score (nSPS) is 11.1. The number of aromatic nitrogens is 2. The van der Waals surface area contributed by atoms with Crippen LogP contribution in [0.4, 0.5) is 0 Å². The monoisotopic (exact) mass is 408 g/mol. The Bertz CT molecular complexity index is 1440. The molecular formula is C30H20N2. The highest BCUT2D eigenvalue weighted by Gasteiger charge is 2.15. The zero-order chi connectivity index (χ0) is 21.3. The molecule has 1 heterocycles. The van der Waals surface area contributed by atoms with Gasteiger partial charge in [-0.25, -0.2) is 9.97 Å². The van der Waals surface area contributed by atoms with Crippen molar-refractivity contribution in [1.29, 1.82) is 0 Å². The fraction of sp³-hybridized carbons (Fsp3) is 0. The summed E-state index contributed by atoms with van der Waals surface area (Å²) in [5, 5.41) is 4.71. The minimum absolute atomic E-state index is 0.748. The molecule has 0 amide bonds. The number of hydrogen-bond donors (Lipinski definition) is 0. The third kappa shape index (κ3) is 3.23. The van der Waals surface area contributed by atoms with Gasteiger partial charge in [-0.2, -0.15) is 0 Å². The van der Waals surface area contributed by atoms with E-state index in [0.717, 1.165) is 44.7 Å². The second-order valence-corrected chi connectivity index (χ2v) is 7.89. The molecule has 0 saturated heterocycles. The second-order valence-electron chi connectivity index (χ2n) is 7.89. The van der Waals surface area contributed by atoms with Gasteiger partial charge in [-0.15, -0.1) is 0 Å². The highest BCUT2D eigenvalue weighted by atomic mass is 14.9. The van der Waals surface area contributed by atoms with Gasteiger partial charge in [0, 0.05) is 16.7 Å². The summed E-state index contributed by atoms with van der Waals surface area (Å²) in [6.45, 7) is 0. The molecule has 0 aliphatic heterocycles. The Kier molecular flexibility index (Phi) is 4.47. The Morgan fingerprint density at radius 1 is 0.406 bits per heavy atom. The molecule has 6 aromatic rings. The lowest BCUT2D eigenvalue weighted by atomic mass is 9.96. The molecule has 5 aromatic carbocycles. The molecule has 0 unspecified atom stereocenters. The van der Waals surface area contributed by atoms with Crippen molar-refractivity contribution in [3.05, 3.63) is 121 Å². The van der Waals surface area contributed by atoms with Crippen LogP contribution in [-0.4, -0.2) is 9.97 Å². The number of fused-ring (bicyclic) bond motifs is 2. The van der Waals surface area contributed by atoms with E-state index in [9.17, 15) is 0 Å². The van der Waals surface area contributed by atoms with Gasteiger partial charge in [0.25, 0.3) is 0 Å². The van der Waals surface area contributed by atoms with Crippen molar-refractivity contribution >= 4 is 21.5 Å². The smallest absolute Gasteiger partial charge is 0.161 e. The zero-order valence-electron chi connectivity index (χ0n) is 17.4. The van der Waals surface area contributed by atoms with Crippen molar-refractivity contribution in [3.63, 3.8) is 0 Å². The van der Waals surface area contributed by atoms with Gasteiger partial charge in [-0.3, -0.25) is 0 Å². The molecular weight excluding hydrogens is 388 g/mol. The van der Waals surface area contributed by atoms with Crippen LogP contribution in [0.5, 0.6) is 0 Å². The molecule has 6 rings (SSSR count). The SMILES string of the molecule is c1ccc(-c2cc(-c3ccccc3)nc(-c3c4ccccc4cc4ccccc34)n2)cc1. The lowest BCUT2D eigenvalue weighted by Crippen LogP contribution is -1.97. The van der Waals surface area contributed by atoms with Crippen LogP contribution in [0.25, 0.3) is 55.4 Å². The number of nitrogens with zero attached hydrogens (tertiary/aromatic N) is 2. The van der Waals surface area contributed by atoms with E-state index in [1.54, 1.807) is 0 Å². The summed E-state index contributed by atoms with van der Waals surface area (Å²) in [5.41, 5.74) is 5.09. The fourth-order valence-electron chi connectivity index (χ4n) is 4.33. The zero-order valence-corrected chi connectivity index (χ0v) is 17.4. The molecule has 0 aliphatic rings. The third-order valence-corrected chi connectivity index (χ3v) is 5.86. The van der Waals surface area contributed by atoms with E-state index >= 15 is 0 Å². The van der Waals surface area contributed by atoms with Gasteiger partial charge in [0.1, 0.15) is 0 Å². The van der Waals surface area contributed by atoms with Gasteiger partial charge in [-0.1, -0.05) is 109 Å². The van der Waals surface area contributed by atoms with Crippen LogP contribution in [0.3, 0.4) is 0 Å². The topological polar surface area (TPSA) is 25.8 Å². The predicted molar refractivity (Wildman–Crippen MR) is 133 cm³/mol. The van der Waals surface area contributed by atoms with Gasteiger partial charge < -0.3 is 0 Å². The van der Waals surface area contributed by atoms with Crippen molar-refractivity contribution in [2.75, 3.05) is 0 Å². The van der Waals surface area contributed by atoms with Crippen LogP contribution in [0.15, 0.2) is 121 Å². The summed E-state index contributed by atoms with van der Waals surface area (Å²) in [6, 6.07) is 41.9. The van der Waals surface area contributed by atoms with E-state index < -0.39 is 0 Å². The number of rotatable bonds is 3. The average molecular weight is 409 g/mol. The van der Waals surface area contributed by atoms with E-state index in [1.165, 1.54) is 10.8 Å². The molecule has 0 saturated carbocycles. The summed E-state index contributed by atoms with van der Waals surface area (Å²) in [5.74, 6) is 0.748. The van der Waals surface area contributed by atoms with E-state index in [4.69, 9.17) is 9.97 Å². The van der Waals surface area contributed by atoms with E-state index in [2.05, 4.69) is 84.9 Å². The molecule has 0 fully saturated rings. The maximum Gasteiger partial charge on any atom is 0.161 e. The van der Waals surface area contributed by atoms with Crippen LogP contribution in [0.1, 0.15) is 0 Å². The minimum atomic E-state index is 0.748. The van der Waals surface area contributed by atoms with Crippen molar-refractivity contribution in [2.45, 2.75) is 0 Å². The Morgan fingerprint density at radius 2 is 0.844 bits per heavy atom. The molecule has 0 bridgehead atoms. The molecule has 2 nitrogen and oxygen atoms in total. The molecule has 0 aliphatic carbocycles. The third-order valence-electron chi connectivity index (χ3n) is 5.86. The van der Waals surface area contributed by atoms with Gasteiger partial charge in [-0.05, 0) is 33.7 Å². The van der Waals surface area contributed by atoms with Crippen molar-refractivity contribution in [3.8, 4) is 33.9 Å². The summed E-state index contributed by atoms with van der Waals surface area (Å²) < 4.78 is 0. The molecule has 0 atom stereocenters. The second kappa shape index (κ2) is 7.75. The lowest BCUT2D eigenvalue weighted by molar-refractivity contribution is 1.19. The Balaban J connectivity index is 1.71. The first-order chi connectivity index (χ1) is 15.9. The molecule has 32 heavy (non-hydrogen) atoms. The first kappa shape index (κ1) is 18.5. The summed E-state index contributed by atoms with van der Waals surface area (Å²) in [4.78, 5) is 10.2. The van der Waals surface area contributed by atoms with E-state index in [0.29, 0.717) is 0 Å². The highest BCUT2D eigenvalue weighted by molar-refractivity contribution is 6.11. The van der Waals surface area contributed by atoms with Crippen LogP contribution in [0.2, 0.25) is 0 Å². The maximum atomic E-state index is 5.09. The van der Waals surface area contributed by atoms with Gasteiger partial charge in [0.2, 0.25) is 0 Å². The quantitative estimate of drug-likeness (QED) is 0.279. The molecule has 0 N–H and O–H groups in total. The first-order valence-corrected chi connectivity index (χ1v) is 10.8. The summed E-state index contributed by atoms with van der Waals surface area (Å²) >= 11 is 0. The van der Waals surface area contributed by atoms with Crippen molar-refractivity contribution < 1.29 is 0 Å². The largest absolute Gasteiger partial charge is 0.228 e. The summed E-state index contributed by atoms with van der Waals surface area (Å²) in [6.07, 6.45) is 0. The fourth-order valence-corrected chi connectivity index (χ4v) is 4.33. The van der Waals surface area contributed by atoms with Crippen LogP contribution in [-0.2, 0) is 0 Å². The predicted octanol–water partition coefficient (Wildman–Crippen LogP) is 7.78. The minimum Gasteiger partial charge on any atom is -0.228 e. The van der Waals surface area contributed by atoms with E-state index in [1.807, 2.05) is 36.4 Å². The molecule has 150 valence electrons. The van der Waals surface area contributed by atoms with Gasteiger partial charge in [0.15, 0.2) is 5.82 Å². The van der Waals surface area contributed by atoms with Crippen LogP contribution >= 0.6 is 0 Å². The molecule has 2 heteroatoms. The molecule has 0 spiro atoms. The Labute approximate surface area is 186 Å². The first-order valence-electron chi connectivity index (χ1n) is 10.8. The van der Waals surface area contributed by atoms with Gasteiger partial charge in [0.05, 0.1) is 11.4 Å². The maximum absolute atomic E-state index is 5.09. The molecule has 0 radical (unpaired) electrons. The van der Waals surface area contributed by atoms with Gasteiger partial charge >= 0.3 is 0 Å². The average Bonchev–Trinajstić information content (AvgIpc) is 2.88. The standard InChI is InChI=1S/C30H20N2/c1-3-11-21(12-4-1)27-20-28(22-13-5-2-6-14-22)32-30(31-27)29-25-17-9-7-15-23(25)19-24-16-8-10-18-26(24)29/h1-20H. The van der Waals surface area contributed by atoms with Crippen molar-refractivity contribution in [2.24, 2.45) is 0 Å². The highest BCUT2D eigenvalue weighted by Crippen LogP contribution is 2.36. The summed E-state index contributed by atoms with van der Waals surface area (Å²) in [7, 11) is 0. The number of hydrogen-bond acceptors (Lipinski definition) is 2. The van der Waals surface area contributed by atoms with Crippen molar-refractivity contribution in [1.82, 2.24) is 9.97 Å². The van der Waals surface area contributed by atoms with E-state index in [-0.39, 0.29) is 0 Å². The molecule has 1 aromatic heterocycles. The Morgan fingerprint density at radius 3 is 1.34 bits per heavy atom. The van der Waals surface area contributed by atoms with Crippen LogP contribution in [0, 0.1) is 0 Å². The lowest BCUT2D eigenvalue weighted by Gasteiger charge is -2.13. The van der Waals surface area contributed by atoms with Crippen LogP contribution < -0.4 is 0 Å². The number of benzene rings is 5. The Hall–Kier alpha value is -4.30.